The van der Waals surface area contributed by atoms with Gasteiger partial charge in [0.2, 0.25) is 0 Å². The van der Waals surface area contributed by atoms with Gasteiger partial charge in [0.1, 0.15) is 0 Å². The first-order valence-corrected chi connectivity index (χ1v) is 4.49. The summed E-state index contributed by atoms with van der Waals surface area (Å²) in [5.41, 5.74) is 0.501. The van der Waals surface area contributed by atoms with E-state index >= 15 is 0 Å². The van der Waals surface area contributed by atoms with Gasteiger partial charge in [0.15, 0.2) is 11.5 Å². The van der Waals surface area contributed by atoms with E-state index in [-0.39, 0.29) is 11.2 Å². The predicted octanol–water partition coefficient (Wildman–Crippen LogP) is 2.92. The second-order valence-electron chi connectivity index (χ2n) is 3.54. The minimum atomic E-state index is -5.68. The number of fused-ring (bicyclic) bond motifs is 1. The zero-order chi connectivity index (χ0) is 12.8. The number of hydrogen-bond acceptors (Lipinski definition) is 2. The lowest BCUT2D eigenvalue weighted by Gasteiger charge is -2.16. The fourth-order valence-corrected chi connectivity index (χ4v) is 1.29. The molecule has 0 amide bonds. The van der Waals surface area contributed by atoms with Crippen molar-refractivity contribution in [2.75, 3.05) is 0 Å². The molecule has 2 rings (SSSR count). The number of rotatable bonds is 1. The molecule has 2 aromatic rings. The van der Waals surface area contributed by atoms with Gasteiger partial charge in [-0.2, -0.15) is 22.0 Å². The second kappa shape index (κ2) is 3.38. The van der Waals surface area contributed by atoms with Crippen LogP contribution in [0, 0.1) is 6.92 Å². The molecule has 0 bridgehead atoms. The molecule has 0 aliphatic heterocycles. The van der Waals surface area contributed by atoms with E-state index in [1.54, 1.807) is 6.92 Å². The number of imidazole rings is 1. The number of aromatic amines is 1. The zero-order valence-corrected chi connectivity index (χ0v) is 8.44. The average molecular weight is 251 g/mol. The molecule has 0 unspecified atom stereocenters. The van der Waals surface area contributed by atoms with Crippen LogP contribution in [0.2, 0.25) is 0 Å². The summed E-state index contributed by atoms with van der Waals surface area (Å²) in [6, 6.07) is 1.39. The van der Waals surface area contributed by atoms with Crippen LogP contribution in [-0.2, 0) is 5.92 Å². The highest BCUT2D eigenvalue weighted by Crippen LogP contribution is 2.42. The molecular weight excluding hydrogens is 245 g/mol. The maximum Gasteiger partial charge on any atom is 0.461 e. The van der Waals surface area contributed by atoms with Gasteiger partial charge in [0.25, 0.3) is 0 Å². The maximum atomic E-state index is 13.0. The Bertz CT molecular complexity index is 557. The summed E-state index contributed by atoms with van der Waals surface area (Å²) in [7, 11) is 0. The van der Waals surface area contributed by atoms with Gasteiger partial charge in [0.05, 0.1) is 5.52 Å². The van der Waals surface area contributed by atoms with E-state index in [9.17, 15) is 22.0 Å². The first kappa shape index (κ1) is 11.7. The molecule has 0 spiro atoms. The third-order valence-electron chi connectivity index (χ3n) is 2.13. The van der Waals surface area contributed by atoms with E-state index in [0.29, 0.717) is 5.56 Å². The Morgan fingerprint density at radius 1 is 1.18 bits per heavy atom. The highest BCUT2D eigenvalue weighted by molar-refractivity contribution is 5.71. The number of alkyl halides is 5. The summed E-state index contributed by atoms with van der Waals surface area (Å²) in [4.78, 5) is 8.75. The topological polar surface area (TPSA) is 41.6 Å². The summed E-state index contributed by atoms with van der Waals surface area (Å²) in [5, 5.41) is 0. The Hall–Kier alpha value is -1.73. The van der Waals surface area contributed by atoms with Crippen LogP contribution in [0.4, 0.5) is 22.0 Å². The van der Waals surface area contributed by atoms with Crippen molar-refractivity contribution in [2.45, 2.75) is 19.0 Å². The van der Waals surface area contributed by atoms with Gasteiger partial charge in [-0.25, -0.2) is 9.97 Å². The second-order valence-corrected chi connectivity index (χ2v) is 3.54. The van der Waals surface area contributed by atoms with E-state index in [0.717, 1.165) is 0 Å². The molecule has 8 heteroatoms. The minimum Gasteiger partial charge on any atom is -0.335 e. The van der Waals surface area contributed by atoms with E-state index in [1.807, 2.05) is 4.98 Å². The SMILES string of the molecule is Cc1cnc2nc(C(F)(F)C(F)(F)F)[nH]c2c1. The Morgan fingerprint density at radius 3 is 2.41 bits per heavy atom. The molecule has 0 radical (unpaired) electrons. The monoisotopic (exact) mass is 251 g/mol. The fourth-order valence-electron chi connectivity index (χ4n) is 1.29. The number of aromatic nitrogens is 3. The van der Waals surface area contributed by atoms with Crippen LogP contribution in [-0.4, -0.2) is 21.1 Å². The molecule has 2 heterocycles. The van der Waals surface area contributed by atoms with Gasteiger partial charge in [-0.15, -0.1) is 0 Å². The molecule has 1 N–H and O–H groups in total. The number of halogens is 5. The van der Waals surface area contributed by atoms with Gasteiger partial charge < -0.3 is 4.98 Å². The molecule has 0 aliphatic rings. The van der Waals surface area contributed by atoms with E-state index in [4.69, 9.17) is 0 Å². The van der Waals surface area contributed by atoms with Crippen LogP contribution in [0.15, 0.2) is 12.3 Å². The number of nitrogens with zero attached hydrogens (tertiary/aromatic N) is 2. The molecule has 0 saturated carbocycles. The zero-order valence-electron chi connectivity index (χ0n) is 8.44. The van der Waals surface area contributed by atoms with Crippen molar-refractivity contribution in [3.8, 4) is 0 Å². The highest BCUT2D eigenvalue weighted by atomic mass is 19.4. The molecule has 2 aromatic heterocycles. The van der Waals surface area contributed by atoms with Crippen molar-refractivity contribution in [1.82, 2.24) is 15.0 Å². The number of nitrogens with one attached hydrogen (secondary N) is 1. The van der Waals surface area contributed by atoms with Gasteiger partial charge >= 0.3 is 12.1 Å². The lowest BCUT2D eigenvalue weighted by molar-refractivity contribution is -0.292. The van der Waals surface area contributed by atoms with Crippen molar-refractivity contribution in [3.63, 3.8) is 0 Å². The number of pyridine rings is 1. The number of hydrogen-bond donors (Lipinski definition) is 1. The van der Waals surface area contributed by atoms with Crippen molar-refractivity contribution < 1.29 is 22.0 Å². The molecular formula is C9H6F5N3. The van der Waals surface area contributed by atoms with Crippen LogP contribution in [0.25, 0.3) is 11.2 Å². The molecule has 92 valence electrons. The van der Waals surface area contributed by atoms with Crippen molar-refractivity contribution in [1.29, 1.82) is 0 Å². The molecule has 0 fully saturated rings. The van der Waals surface area contributed by atoms with E-state index in [2.05, 4.69) is 9.97 Å². The summed E-state index contributed by atoms with van der Waals surface area (Å²) in [6.45, 7) is 1.63. The molecule has 0 atom stereocenters. The van der Waals surface area contributed by atoms with Crippen LogP contribution in [0.5, 0.6) is 0 Å². The van der Waals surface area contributed by atoms with Crippen molar-refractivity contribution in [2.24, 2.45) is 0 Å². The quantitative estimate of drug-likeness (QED) is 0.792. The van der Waals surface area contributed by atoms with Crippen molar-refractivity contribution >= 4 is 11.2 Å². The van der Waals surface area contributed by atoms with Gasteiger partial charge in [0, 0.05) is 6.20 Å². The van der Waals surface area contributed by atoms with Gasteiger partial charge in [-0.05, 0) is 18.6 Å². The number of aryl methyl sites for hydroxylation is 1. The van der Waals surface area contributed by atoms with Crippen LogP contribution < -0.4 is 0 Å². The summed E-state index contributed by atoms with van der Waals surface area (Å²) < 4.78 is 62.2. The lowest BCUT2D eigenvalue weighted by Crippen LogP contribution is -2.34. The van der Waals surface area contributed by atoms with Gasteiger partial charge in [-0.3, -0.25) is 0 Å². The first-order valence-electron chi connectivity index (χ1n) is 4.49. The molecule has 0 aromatic carbocycles. The Balaban J connectivity index is 2.57. The summed E-state index contributed by atoms with van der Waals surface area (Å²) >= 11 is 0. The third kappa shape index (κ3) is 1.83. The van der Waals surface area contributed by atoms with Gasteiger partial charge in [-0.1, -0.05) is 0 Å². The largest absolute Gasteiger partial charge is 0.461 e. The molecule has 17 heavy (non-hydrogen) atoms. The summed E-state index contributed by atoms with van der Waals surface area (Å²) in [6.07, 6.45) is -4.35. The minimum absolute atomic E-state index is 0.0453. The van der Waals surface area contributed by atoms with Crippen LogP contribution in [0.1, 0.15) is 11.4 Å². The highest BCUT2D eigenvalue weighted by Gasteiger charge is 2.61. The lowest BCUT2D eigenvalue weighted by atomic mass is 10.3. The Kier molecular flexibility index (Phi) is 2.33. The Labute approximate surface area is 91.7 Å². The number of H-pyrrole nitrogens is 1. The van der Waals surface area contributed by atoms with E-state index in [1.165, 1.54) is 12.3 Å². The third-order valence-corrected chi connectivity index (χ3v) is 2.13. The fraction of sp³-hybridized carbons (Fsp3) is 0.333. The Morgan fingerprint density at radius 2 is 1.82 bits per heavy atom. The average Bonchev–Trinajstić information content (AvgIpc) is 2.58. The molecule has 0 aliphatic carbocycles. The normalized spacial score (nSPS) is 13.3. The maximum absolute atomic E-state index is 13.0. The smallest absolute Gasteiger partial charge is 0.335 e. The van der Waals surface area contributed by atoms with Crippen LogP contribution >= 0.6 is 0 Å². The van der Waals surface area contributed by atoms with Crippen molar-refractivity contribution in [3.05, 3.63) is 23.7 Å². The predicted molar refractivity (Wildman–Crippen MR) is 48.6 cm³/mol. The molecule has 3 nitrogen and oxygen atoms in total. The van der Waals surface area contributed by atoms with Crippen LogP contribution in [0.3, 0.4) is 0 Å². The standard InChI is InChI=1S/C9H6F5N3/c1-4-2-5-6(15-3-4)17-7(16-5)8(10,11)9(12,13)14/h2-3H,1H3,(H,15,16,17). The summed E-state index contributed by atoms with van der Waals surface area (Å²) in [5.74, 6) is -6.46. The van der Waals surface area contributed by atoms with E-state index < -0.39 is 17.9 Å². The molecule has 0 saturated heterocycles. The first-order chi connectivity index (χ1) is 7.72.